The molecule has 0 atom stereocenters. The van der Waals surface area contributed by atoms with Gasteiger partial charge in [0.15, 0.2) is 0 Å². The molecule has 0 aromatic heterocycles. The molecule has 0 aliphatic heterocycles. The highest BCUT2D eigenvalue weighted by Crippen LogP contribution is 2.04. The van der Waals surface area contributed by atoms with Crippen LogP contribution in [0.1, 0.15) is 0 Å². The predicted molar refractivity (Wildman–Crippen MR) is 83.9 cm³/mol. The van der Waals surface area contributed by atoms with E-state index in [1.165, 1.54) is 18.2 Å². The van der Waals surface area contributed by atoms with Crippen molar-refractivity contribution in [3.63, 3.8) is 0 Å². The summed E-state index contributed by atoms with van der Waals surface area (Å²) in [6.45, 7) is -0.830. The molecule has 0 spiro atoms. The molecule has 0 nitrogen and oxygen atoms in total. The number of rotatable bonds is 3. The quantitative estimate of drug-likeness (QED) is 0.652. The monoisotopic (exact) mass is 296 g/mol. The van der Waals surface area contributed by atoms with Gasteiger partial charge in [-0.15, -0.1) is 0 Å². The average Bonchev–Trinajstić information content (AvgIpc) is 2.53. The summed E-state index contributed by atoms with van der Waals surface area (Å²) in [6, 6.07) is 18.2. The highest BCUT2D eigenvalue weighted by molar-refractivity contribution is 6.95. The predicted octanol–water partition coefficient (Wildman–Crippen LogP) is 2.62. The fraction of sp³-hybridized carbons (Fsp3) is 0. The highest BCUT2D eigenvalue weighted by Gasteiger charge is 2.29. The van der Waals surface area contributed by atoms with Gasteiger partial charge in [0.25, 0.3) is 6.71 Å². The first kappa shape index (κ1) is 14.5. The SMILES string of the molecule is Fc1ccccc1B(c1ccccc1F)c1ccccc1F. The van der Waals surface area contributed by atoms with Crippen LogP contribution in [-0.4, -0.2) is 6.71 Å². The second-order valence-corrected chi connectivity index (χ2v) is 5.00. The summed E-state index contributed by atoms with van der Waals surface area (Å²) >= 11 is 0. The van der Waals surface area contributed by atoms with Crippen molar-refractivity contribution in [1.29, 1.82) is 0 Å². The van der Waals surface area contributed by atoms with Crippen LogP contribution >= 0.6 is 0 Å². The van der Waals surface area contributed by atoms with Gasteiger partial charge < -0.3 is 0 Å². The fourth-order valence-electron chi connectivity index (χ4n) is 2.63. The first-order chi connectivity index (χ1) is 10.7. The van der Waals surface area contributed by atoms with Crippen molar-refractivity contribution in [2.45, 2.75) is 0 Å². The first-order valence-corrected chi connectivity index (χ1v) is 6.92. The van der Waals surface area contributed by atoms with Crippen LogP contribution in [0, 0.1) is 17.5 Å². The van der Waals surface area contributed by atoms with E-state index in [1.54, 1.807) is 54.6 Å². The Labute approximate surface area is 127 Å². The molecule has 0 saturated heterocycles. The molecule has 22 heavy (non-hydrogen) atoms. The van der Waals surface area contributed by atoms with Gasteiger partial charge in [0.1, 0.15) is 17.5 Å². The lowest BCUT2D eigenvalue weighted by molar-refractivity contribution is 0.630. The zero-order valence-corrected chi connectivity index (χ0v) is 11.6. The minimum atomic E-state index is -0.830. The van der Waals surface area contributed by atoms with Gasteiger partial charge in [0.2, 0.25) is 0 Å². The lowest BCUT2D eigenvalue weighted by Gasteiger charge is -2.17. The molecule has 0 aliphatic carbocycles. The zero-order valence-electron chi connectivity index (χ0n) is 11.6. The summed E-state index contributed by atoms with van der Waals surface area (Å²) in [5.41, 5.74) is 0.744. The van der Waals surface area contributed by atoms with E-state index in [-0.39, 0.29) is 16.4 Å². The van der Waals surface area contributed by atoms with Gasteiger partial charge in [-0.2, -0.15) is 0 Å². The van der Waals surface area contributed by atoms with Crippen molar-refractivity contribution in [3.05, 3.63) is 90.2 Å². The summed E-state index contributed by atoms with van der Waals surface area (Å²) in [6.07, 6.45) is 0. The van der Waals surface area contributed by atoms with Crippen molar-refractivity contribution in [2.24, 2.45) is 0 Å². The topological polar surface area (TPSA) is 0 Å². The molecule has 3 aromatic rings. The van der Waals surface area contributed by atoms with Crippen LogP contribution in [0.4, 0.5) is 13.2 Å². The molecule has 0 radical (unpaired) electrons. The summed E-state index contributed by atoms with van der Waals surface area (Å²) in [4.78, 5) is 0. The lowest BCUT2D eigenvalue weighted by atomic mass is 9.36. The molecule has 0 saturated carbocycles. The molecule has 0 unspecified atom stereocenters. The number of hydrogen-bond donors (Lipinski definition) is 0. The van der Waals surface area contributed by atoms with Crippen LogP contribution in [0.3, 0.4) is 0 Å². The molecular weight excluding hydrogens is 284 g/mol. The molecule has 0 bridgehead atoms. The van der Waals surface area contributed by atoms with E-state index in [9.17, 15) is 13.2 Å². The molecule has 0 fully saturated rings. The van der Waals surface area contributed by atoms with Gasteiger partial charge in [0.05, 0.1) is 0 Å². The van der Waals surface area contributed by atoms with E-state index in [0.29, 0.717) is 0 Å². The van der Waals surface area contributed by atoms with Crippen molar-refractivity contribution in [1.82, 2.24) is 0 Å². The second kappa shape index (κ2) is 6.10. The van der Waals surface area contributed by atoms with Crippen molar-refractivity contribution < 1.29 is 13.2 Å². The molecule has 3 rings (SSSR count). The summed E-state index contributed by atoms with van der Waals surface area (Å²) in [5, 5.41) is 0. The van der Waals surface area contributed by atoms with E-state index in [4.69, 9.17) is 0 Å². The molecular formula is C18H12BF3. The van der Waals surface area contributed by atoms with Gasteiger partial charge in [-0.3, -0.25) is 0 Å². The molecule has 0 heterocycles. The summed E-state index contributed by atoms with van der Waals surface area (Å²) in [5.74, 6) is -1.46. The standard InChI is InChI=1S/C18H12BF3/c20-16-10-4-1-7-13(16)19(14-8-2-5-11-17(14)21)15-9-3-6-12-18(15)22/h1-12H. The average molecular weight is 296 g/mol. The first-order valence-electron chi connectivity index (χ1n) is 6.92. The van der Waals surface area contributed by atoms with E-state index in [0.717, 1.165) is 0 Å². The van der Waals surface area contributed by atoms with Crippen molar-refractivity contribution in [2.75, 3.05) is 0 Å². The fourth-order valence-corrected chi connectivity index (χ4v) is 2.63. The van der Waals surface area contributed by atoms with Crippen molar-refractivity contribution >= 4 is 23.1 Å². The Morgan fingerprint density at radius 3 is 1.00 bits per heavy atom. The van der Waals surface area contributed by atoms with Gasteiger partial charge in [-0.25, -0.2) is 13.2 Å². The number of hydrogen-bond acceptors (Lipinski definition) is 0. The minimum Gasteiger partial charge on any atom is -0.208 e. The Morgan fingerprint density at radius 2 is 0.727 bits per heavy atom. The second-order valence-electron chi connectivity index (χ2n) is 5.00. The molecule has 4 heteroatoms. The maximum absolute atomic E-state index is 14.2. The van der Waals surface area contributed by atoms with Crippen LogP contribution in [0.25, 0.3) is 0 Å². The van der Waals surface area contributed by atoms with Gasteiger partial charge in [-0.1, -0.05) is 54.6 Å². The van der Waals surface area contributed by atoms with Crippen LogP contribution in [-0.2, 0) is 0 Å². The van der Waals surface area contributed by atoms with Gasteiger partial charge >= 0.3 is 0 Å². The van der Waals surface area contributed by atoms with E-state index >= 15 is 0 Å². The number of benzene rings is 3. The van der Waals surface area contributed by atoms with Crippen molar-refractivity contribution in [3.8, 4) is 0 Å². The Balaban J connectivity index is 2.27. The molecule has 0 amide bonds. The summed E-state index contributed by atoms with van der Waals surface area (Å²) in [7, 11) is 0. The Morgan fingerprint density at radius 1 is 0.455 bits per heavy atom. The lowest BCUT2D eigenvalue weighted by Crippen LogP contribution is -2.55. The molecule has 0 aliphatic rings. The molecule has 3 aromatic carbocycles. The van der Waals surface area contributed by atoms with Crippen LogP contribution in [0.2, 0.25) is 0 Å². The van der Waals surface area contributed by atoms with Gasteiger partial charge in [-0.05, 0) is 34.6 Å². The van der Waals surface area contributed by atoms with E-state index < -0.39 is 24.2 Å². The minimum absolute atomic E-state index is 0.248. The molecule has 108 valence electrons. The highest BCUT2D eigenvalue weighted by atomic mass is 19.1. The third-order valence-corrected chi connectivity index (χ3v) is 3.65. The van der Waals surface area contributed by atoms with E-state index in [2.05, 4.69) is 0 Å². The van der Waals surface area contributed by atoms with Crippen LogP contribution in [0.5, 0.6) is 0 Å². The number of halogens is 3. The largest absolute Gasteiger partial charge is 0.252 e. The maximum atomic E-state index is 14.2. The van der Waals surface area contributed by atoms with Crippen LogP contribution in [0.15, 0.2) is 72.8 Å². The molecule has 0 N–H and O–H groups in total. The Kier molecular flexibility index (Phi) is 4.01. The normalized spacial score (nSPS) is 10.5. The Hall–Kier alpha value is -2.49. The summed E-state index contributed by atoms with van der Waals surface area (Å²) < 4.78 is 42.7. The van der Waals surface area contributed by atoms with Crippen LogP contribution < -0.4 is 16.4 Å². The van der Waals surface area contributed by atoms with Gasteiger partial charge in [0, 0.05) is 0 Å². The zero-order chi connectivity index (χ0) is 15.5. The Bertz CT molecular complexity index is 693. The third-order valence-electron chi connectivity index (χ3n) is 3.65. The van der Waals surface area contributed by atoms with E-state index in [1.807, 2.05) is 0 Å². The smallest absolute Gasteiger partial charge is 0.208 e. The third kappa shape index (κ3) is 2.64. The maximum Gasteiger partial charge on any atom is 0.252 e.